The Bertz CT molecular complexity index is 415. The quantitative estimate of drug-likeness (QED) is 0.782. The molecular weight excluding hydrogens is 212 g/mol. The lowest BCUT2D eigenvalue weighted by atomic mass is 10.3. The molecule has 0 aliphatic carbocycles. The fraction of sp³-hybridized carbons (Fsp3) is 0.286. The second kappa shape index (κ2) is 4.10. The topological polar surface area (TPSA) is 81.4 Å². The maximum Gasteiger partial charge on any atom is 0.323 e. The van der Waals surface area contributed by atoms with Gasteiger partial charge in [0.1, 0.15) is 24.7 Å². The van der Waals surface area contributed by atoms with Crippen LogP contribution in [0, 0.1) is 6.92 Å². The van der Waals surface area contributed by atoms with Crippen molar-refractivity contribution in [1.82, 2.24) is 9.55 Å². The monoisotopic (exact) mass is 218 g/mol. The van der Waals surface area contributed by atoms with Gasteiger partial charge in [-0.2, -0.15) is 0 Å². The smallest absolute Gasteiger partial charge is 0.323 e. The molecule has 1 heterocycles. The summed E-state index contributed by atoms with van der Waals surface area (Å²) in [6, 6.07) is 0. The molecule has 0 radical (unpaired) electrons. The van der Waals surface area contributed by atoms with E-state index in [0.717, 1.165) is 10.9 Å². The van der Waals surface area contributed by atoms with Crippen molar-refractivity contribution in [3.05, 3.63) is 22.2 Å². The number of carboxylic acid groups (broad SMARTS) is 1. The van der Waals surface area contributed by atoms with Crippen LogP contribution in [0.2, 0.25) is 0 Å². The first-order valence-corrected chi connectivity index (χ1v) is 3.93. The average Bonchev–Trinajstić information content (AvgIpc) is 2.13. The summed E-state index contributed by atoms with van der Waals surface area (Å²) in [5.41, 5.74) is -0.318. The highest BCUT2D eigenvalue weighted by atomic mass is 35.5. The maximum absolute atomic E-state index is 11.4. The van der Waals surface area contributed by atoms with Gasteiger partial charge in [0.15, 0.2) is 0 Å². The second-order valence-corrected chi connectivity index (χ2v) is 2.73. The van der Waals surface area contributed by atoms with Gasteiger partial charge in [0.25, 0.3) is 5.56 Å². The molecule has 0 bridgehead atoms. The molecule has 1 N–H and O–H groups in total. The van der Waals surface area contributed by atoms with Crippen LogP contribution in [0.25, 0.3) is 0 Å². The van der Waals surface area contributed by atoms with E-state index in [1.165, 1.54) is 6.92 Å². The Morgan fingerprint density at radius 3 is 2.93 bits per heavy atom. The summed E-state index contributed by atoms with van der Waals surface area (Å²) >= 11 is 5.04. The van der Waals surface area contributed by atoms with Gasteiger partial charge < -0.3 is 9.40 Å². The summed E-state index contributed by atoms with van der Waals surface area (Å²) in [7, 11) is 0. The van der Waals surface area contributed by atoms with E-state index < -0.39 is 18.1 Å². The normalized spacial score (nSPS) is 9.86. The summed E-state index contributed by atoms with van der Waals surface area (Å²) in [6.45, 7) is 1.01. The zero-order chi connectivity index (χ0) is 10.7. The molecule has 1 aromatic rings. The SMILES string of the molecule is Cc1c(OCl)ncn(CC(=O)O)c1=O. The molecule has 1 rings (SSSR count). The summed E-state index contributed by atoms with van der Waals surface area (Å²) in [5, 5.41) is 8.46. The molecule has 0 aromatic carbocycles. The zero-order valence-corrected chi connectivity index (χ0v) is 7.98. The number of hydrogen-bond donors (Lipinski definition) is 1. The van der Waals surface area contributed by atoms with Gasteiger partial charge in [-0.25, -0.2) is 4.98 Å². The largest absolute Gasteiger partial charge is 0.480 e. The number of hydrogen-bond acceptors (Lipinski definition) is 4. The van der Waals surface area contributed by atoms with E-state index in [9.17, 15) is 9.59 Å². The first-order valence-electron chi connectivity index (χ1n) is 3.62. The molecule has 0 spiro atoms. The maximum atomic E-state index is 11.4. The highest BCUT2D eigenvalue weighted by molar-refractivity contribution is 6.09. The molecule has 7 heteroatoms. The van der Waals surface area contributed by atoms with Crippen molar-refractivity contribution in [1.29, 1.82) is 0 Å². The second-order valence-electron chi connectivity index (χ2n) is 2.58. The molecular formula is C7H7ClN2O4. The lowest BCUT2D eigenvalue weighted by molar-refractivity contribution is -0.137. The summed E-state index contributed by atoms with van der Waals surface area (Å²) in [5.74, 6) is -1.13. The summed E-state index contributed by atoms with van der Waals surface area (Å²) < 4.78 is 5.24. The number of nitrogens with zero attached hydrogens (tertiary/aromatic N) is 2. The lowest BCUT2D eigenvalue weighted by Gasteiger charge is -2.04. The number of rotatable bonds is 3. The minimum absolute atomic E-state index is 0.0155. The van der Waals surface area contributed by atoms with Crippen LogP contribution in [0.3, 0.4) is 0 Å². The van der Waals surface area contributed by atoms with Gasteiger partial charge in [0.05, 0.1) is 5.56 Å². The Morgan fingerprint density at radius 2 is 2.43 bits per heavy atom. The molecule has 6 nitrogen and oxygen atoms in total. The highest BCUT2D eigenvalue weighted by Crippen LogP contribution is 2.09. The van der Waals surface area contributed by atoms with Gasteiger partial charge in [-0.1, -0.05) is 0 Å². The number of aromatic nitrogens is 2. The summed E-state index contributed by atoms with van der Waals surface area (Å²) in [6.07, 6.45) is 1.07. The van der Waals surface area contributed by atoms with Crippen molar-refractivity contribution in [2.45, 2.75) is 13.5 Å². The van der Waals surface area contributed by atoms with Crippen LogP contribution in [-0.2, 0) is 11.3 Å². The molecule has 0 aliphatic heterocycles. The third-order valence-electron chi connectivity index (χ3n) is 1.60. The van der Waals surface area contributed by atoms with E-state index in [4.69, 9.17) is 17.0 Å². The molecule has 0 saturated carbocycles. The van der Waals surface area contributed by atoms with Crippen molar-refractivity contribution in [3.63, 3.8) is 0 Å². The van der Waals surface area contributed by atoms with Gasteiger partial charge in [0, 0.05) is 0 Å². The van der Waals surface area contributed by atoms with Crippen LogP contribution in [0.1, 0.15) is 5.56 Å². The predicted molar refractivity (Wildman–Crippen MR) is 47.4 cm³/mol. The number of halogens is 1. The fourth-order valence-corrected chi connectivity index (χ4v) is 1.07. The van der Waals surface area contributed by atoms with Gasteiger partial charge in [-0.05, 0) is 6.92 Å². The van der Waals surface area contributed by atoms with E-state index in [1.54, 1.807) is 0 Å². The van der Waals surface area contributed by atoms with Gasteiger partial charge in [-0.15, -0.1) is 0 Å². The standard InChI is InChI=1S/C7H7ClN2O4/c1-4-6(14-8)9-3-10(7(4)13)2-5(11)12/h3H,2H2,1H3,(H,11,12). The molecule has 0 unspecified atom stereocenters. The average molecular weight is 219 g/mol. The van der Waals surface area contributed by atoms with Crippen molar-refractivity contribution in [2.24, 2.45) is 0 Å². The van der Waals surface area contributed by atoms with E-state index in [-0.39, 0.29) is 11.4 Å². The van der Waals surface area contributed by atoms with Crippen molar-refractivity contribution >= 4 is 17.8 Å². The first-order chi connectivity index (χ1) is 6.56. The Labute approximate surface area is 83.9 Å². The van der Waals surface area contributed by atoms with Crippen LogP contribution in [0.15, 0.2) is 11.1 Å². The van der Waals surface area contributed by atoms with Crippen LogP contribution in [0.5, 0.6) is 5.88 Å². The molecule has 76 valence electrons. The van der Waals surface area contributed by atoms with E-state index in [2.05, 4.69) is 9.27 Å². The highest BCUT2D eigenvalue weighted by Gasteiger charge is 2.09. The Morgan fingerprint density at radius 1 is 1.79 bits per heavy atom. The summed E-state index contributed by atoms with van der Waals surface area (Å²) in [4.78, 5) is 25.4. The van der Waals surface area contributed by atoms with Crippen LogP contribution >= 0.6 is 11.9 Å². The molecule has 0 atom stereocenters. The fourth-order valence-electron chi connectivity index (χ4n) is 0.914. The predicted octanol–water partition coefficient (Wildman–Crippen LogP) is 0.169. The zero-order valence-electron chi connectivity index (χ0n) is 7.23. The van der Waals surface area contributed by atoms with Crippen LogP contribution in [0.4, 0.5) is 0 Å². The van der Waals surface area contributed by atoms with Crippen LogP contribution < -0.4 is 9.85 Å². The van der Waals surface area contributed by atoms with Gasteiger partial charge >= 0.3 is 5.97 Å². The molecule has 0 amide bonds. The Kier molecular flexibility index (Phi) is 3.08. The number of carboxylic acids is 1. The minimum Gasteiger partial charge on any atom is -0.480 e. The molecule has 0 saturated heterocycles. The van der Waals surface area contributed by atoms with Crippen molar-refractivity contribution in [2.75, 3.05) is 0 Å². The van der Waals surface area contributed by atoms with Crippen molar-refractivity contribution in [3.8, 4) is 5.88 Å². The lowest BCUT2D eigenvalue weighted by Crippen LogP contribution is -2.26. The Balaban J connectivity index is 3.17. The van der Waals surface area contributed by atoms with Gasteiger partial charge in [0.2, 0.25) is 5.88 Å². The van der Waals surface area contributed by atoms with E-state index in [1.807, 2.05) is 0 Å². The molecule has 0 aliphatic rings. The molecule has 0 fully saturated rings. The van der Waals surface area contributed by atoms with E-state index in [0.29, 0.717) is 0 Å². The number of carbonyl (C=O) groups is 1. The molecule has 14 heavy (non-hydrogen) atoms. The molecule has 1 aromatic heterocycles. The third-order valence-corrected chi connectivity index (χ3v) is 1.74. The third kappa shape index (κ3) is 2.02. The van der Waals surface area contributed by atoms with E-state index >= 15 is 0 Å². The van der Waals surface area contributed by atoms with Gasteiger partial charge in [-0.3, -0.25) is 14.2 Å². The van der Waals surface area contributed by atoms with Crippen molar-refractivity contribution < 1.29 is 14.2 Å². The minimum atomic E-state index is -1.12. The Hall–Kier alpha value is -1.56. The number of aliphatic carboxylic acids is 1. The first kappa shape index (κ1) is 10.5. The van der Waals surface area contributed by atoms with Crippen LogP contribution in [-0.4, -0.2) is 20.6 Å².